The van der Waals surface area contributed by atoms with Crippen molar-refractivity contribution in [3.8, 4) is 17.5 Å². The summed E-state index contributed by atoms with van der Waals surface area (Å²) in [6.07, 6.45) is 2.05. The number of nitrogens with two attached hydrogens (primary N) is 1. The molecule has 40 heavy (non-hydrogen) atoms. The summed E-state index contributed by atoms with van der Waals surface area (Å²) in [6.45, 7) is 6.35. The molecule has 10 heteroatoms. The molecule has 0 radical (unpaired) electrons. The van der Waals surface area contributed by atoms with Crippen LogP contribution in [-0.2, 0) is 12.7 Å². The minimum atomic E-state index is -4.58. The molecule has 0 fully saturated rings. The molecule has 7 nitrogen and oxygen atoms in total. The maximum atomic E-state index is 13.6. The largest absolute Gasteiger partial charge is 0.416 e. The molecule has 1 amide bonds. The van der Waals surface area contributed by atoms with Gasteiger partial charge in [0, 0.05) is 47.6 Å². The van der Waals surface area contributed by atoms with Crippen LogP contribution in [0.25, 0.3) is 16.7 Å². The van der Waals surface area contributed by atoms with Crippen LogP contribution in [-0.4, -0.2) is 25.0 Å². The third-order valence-electron chi connectivity index (χ3n) is 6.50. The average molecular weight is 543 g/mol. The monoisotopic (exact) mass is 542 g/mol. The van der Waals surface area contributed by atoms with Crippen molar-refractivity contribution in [2.75, 3.05) is 11.1 Å². The molecule has 5 rings (SSSR count). The molecule has 0 bridgehead atoms. The van der Waals surface area contributed by atoms with E-state index in [-0.39, 0.29) is 16.9 Å². The molecule has 0 spiro atoms. The fraction of sp³-hybridized carbons (Fsp3) is 0.167. The van der Waals surface area contributed by atoms with Crippen LogP contribution in [0, 0.1) is 25.7 Å². The van der Waals surface area contributed by atoms with Crippen molar-refractivity contribution in [1.82, 2.24) is 19.1 Å². The number of anilines is 2. The predicted octanol–water partition coefficient (Wildman–Crippen LogP) is 6.11. The van der Waals surface area contributed by atoms with E-state index < -0.39 is 17.6 Å². The van der Waals surface area contributed by atoms with Gasteiger partial charge in [-0.25, -0.2) is 9.97 Å². The highest BCUT2D eigenvalue weighted by molar-refractivity contribution is 6.04. The Bertz CT molecular complexity index is 1820. The predicted molar refractivity (Wildman–Crippen MR) is 148 cm³/mol. The van der Waals surface area contributed by atoms with Crippen LogP contribution in [0.3, 0.4) is 0 Å². The second-order valence-electron chi connectivity index (χ2n) is 9.38. The Labute approximate surface area is 228 Å². The minimum Gasteiger partial charge on any atom is -0.383 e. The lowest BCUT2D eigenvalue weighted by molar-refractivity contribution is -0.137. The number of carbonyl (C=O) groups excluding carboxylic acids is 1. The second kappa shape index (κ2) is 10.3. The van der Waals surface area contributed by atoms with E-state index in [2.05, 4.69) is 27.1 Å². The van der Waals surface area contributed by atoms with E-state index in [9.17, 15) is 18.0 Å². The number of benzene rings is 2. The Morgan fingerprint density at radius 1 is 1.02 bits per heavy atom. The number of hydrogen-bond donors (Lipinski definition) is 2. The number of nitrogens with one attached hydrogen (secondary N) is 1. The first-order chi connectivity index (χ1) is 19.0. The average Bonchev–Trinajstić information content (AvgIpc) is 3.51. The Kier molecular flexibility index (Phi) is 6.81. The van der Waals surface area contributed by atoms with E-state index in [0.717, 1.165) is 23.3 Å². The molecule has 3 aromatic heterocycles. The van der Waals surface area contributed by atoms with Crippen LogP contribution in [0.2, 0.25) is 0 Å². The summed E-state index contributed by atoms with van der Waals surface area (Å²) in [4.78, 5) is 21.5. The molecule has 0 aliphatic rings. The molecular weight excluding hydrogens is 517 g/mol. The third kappa shape index (κ3) is 5.27. The second-order valence-corrected chi connectivity index (χ2v) is 9.38. The number of fused-ring (bicyclic) bond motifs is 1. The number of nitrogens with zero attached hydrogens (tertiary/aromatic N) is 4. The number of aromatic nitrogens is 4. The number of aryl methyl sites for hydroxylation is 3. The van der Waals surface area contributed by atoms with Gasteiger partial charge in [0.1, 0.15) is 17.8 Å². The van der Waals surface area contributed by atoms with E-state index in [0.29, 0.717) is 34.5 Å². The maximum absolute atomic E-state index is 13.6. The van der Waals surface area contributed by atoms with Gasteiger partial charge in [-0.2, -0.15) is 13.2 Å². The van der Waals surface area contributed by atoms with Crippen molar-refractivity contribution in [3.05, 3.63) is 101 Å². The molecule has 202 valence electrons. The molecule has 3 N–H and O–H groups in total. The Morgan fingerprint density at radius 2 is 1.80 bits per heavy atom. The van der Waals surface area contributed by atoms with Crippen LogP contribution in [0.15, 0.2) is 67.4 Å². The highest BCUT2D eigenvalue weighted by Crippen LogP contribution is 2.33. The van der Waals surface area contributed by atoms with E-state index in [1.807, 2.05) is 31.5 Å². The molecule has 0 saturated heterocycles. The minimum absolute atomic E-state index is 0.0252. The number of amides is 1. The zero-order valence-electron chi connectivity index (χ0n) is 22.0. The van der Waals surface area contributed by atoms with Crippen LogP contribution in [0.5, 0.6) is 0 Å². The van der Waals surface area contributed by atoms with Gasteiger partial charge in [0.2, 0.25) is 0 Å². The summed E-state index contributed by atoms with van der Waals surface area (Å²) in [5, 5.41) is 3.27. The van der Waals surface area contributed by atoms with Gasteiger partial charge in [0.05, 0.1) is 16.5 Å². The van der Waals surface area contributed by atoms with Gasteiger partial charge >= 0.3 is 6.18 Å². The van der Waals surface area contributed by atoms with Crippen LogP contribution < -0.4 is 11.1 Å². The first-order valence-corrected chi connectivity index (χ1v) is 12.4. The van der Waals surface area contributed by atoms with Gasteiger partial charge in [0.15, 0.2) is 0 Å². The van der Waals surface area contributed by atoms with Gasteiger partial charge in [-0.3, -0.25) is 4.79 Å². The van der Waals surface area contributed by atoms with Crippen molar-refractivity contribution >= 4 is 28.4 Å². The lowest BCUT2D eigenvalue weighted by Gasteiger charge is -2.14. The van der Waals surface area contributed by atoms with Gasteiger partial charge in [0.25, 0.3) is 5.91 Å². The van der Waals surface area contributed by atoms with Gasteiger partial charge in [-0.15, -0.1) is 0 Å². The maximum Gasteiger partial charge on any atom is 0.416 e. The summed E-state index contributed by atoms with van der Waals surface area (Å²) in [5.41, 5.74) is 9.44. The van der Waals surface area contributed by atoms with Crippen LogP contribution >= 0.6 is 0 Å². The number of nitrogen functional groups attached to an aromatic ring is 1. The summed E-state index contributed by atoms with van der Waals surface area (Å²) in [6, 6.07) is 10.2. The van der Waals surface area contributed by atoms with E-state index >= 15 is 0 Å². The third-order valence-corrected chi connectivity index (χ3v) is 6.50. The highest BCUT2D eigenvalue weighted by Gasteiger charge is 2.31. The van der Waals surface area contributed by atoms with Gasteiger partial charge < -0.3 is 20.2 Å². The molecule has 5 aromatic rings. The van der Waals surface area contributed by atoms with Crippen molar-refractivity contribution < 1.29 is 18.0 Å². The molecule has 2 aromatic carbocycles. The van der Waals surface area contributed by atoms with Crippen LogP contribution in [0.4, 0.5) is 24.7 Å². The molecule has 0 saturated carbocycles. The summed E-state index contributed by atoms with van der Waals surface area (Å²) in [5.74, 6) is 5.98. The molecule has 0 aliphatic carbocycles. The Morgan fingerprint density at radius 3 is 2.50 bits per heavy atom. The molecule has 0 atom stereocenters. The van der Waals surface area contributed by atoms with E-state index in [1.54, 1.807) is 41.2 Å². The fourth-order valence-corrected chi connectivity index (χ4v) is 4.38. The quantitative estimate of drug-likeness (QED) is 0.268. The fourth-order valence-electron chi connectivity index (χ4n) is 4.38. The first-order valence-electron chi connectivity index (χ1n) is 12.4. The topological polar surface area (TPSA) is 90.8 Å². The lowest BCUT2D eigenvalue weighted by atomic mass is 10.0. The van der Waals surface area contributed by atoms with E-state index in [4.69, 9.17) is 5.73 Å². The number of alkyl halides is 3. The molecule has 0 unspecified atom stereocenters. The normalized spacial score (nSPS) is 11.3. The van der Waals surface area contributed by atoms with Crippen LogP contribution in [0.1, 0.15) is 45.1 Å². The zero-order chi connectivity index (χ0) is 28.6. The number of hydrogen-bond acceptors (Lipinski definition) is 4. The van der Waals surface area contributed by atoms with Crippen molar-refractivity contribution in [1.29, 1.82) is 0 Å². The van der Waals surface area contributed by atoms with Crippen molar-refractivity contribution in [3.63, 3.8) is 0 Å². The number of carbonyl (C=O) groups is 1. The Balaban J connectivity index is 1.47. The van der Waals surface area contributed by atoms with Gasteiger partial charge in [-0.05, 0) is 68.3 Å². The molecule has 3 heterocycles. The SMILES string of the molecule is CCn1cc(C#Cc2cc(C(=O)Nc3cc(-n4ccc(C)c4)cc(C(F)(F)F)c3)ccc2C)c2c(N)ncnc21. The smallest absolute Gasteiger partial charge is 0.383 e. The number of halogens is 3. The van der Waals surface area contributed by atoms with E-state index in [1.165, 1.54) is 12.4 Å². The number of rotatable bonds is 4. The first kappa shape index (κ1) is 26.6. The molecule has 0 aliphatic heterocycles. The summed E-state index contributed by atoms with van der Waals surface area (Å²) in [7, 11) is 0. The standard InChI is InChI=1S/C30H25F3N6O/c1-4-38-16-22(26-27(34)35-17-36-28(26)38)8-7-20-11-21(6-5-19(20)3)29(40)37-24-12-23(30(31,32)33)13-25(14-24)39-10-9-18(2)15-39/h5-6,9-17H,4H2,1-3H3,(H,37,40)(H2,34,35,36). The lowest BCUT2D eigenvalue weighted by Crippen LogP contribution is -2.14. The zero-order valence-corrected chi connectivity index (χ0v) is 22.0. The summed E-state index contributed by atoms with van der Waals surface area (Å²) < 4.78 is 44.4. The van der Waals surface area contributed by atoms with Gasteiger partial charge in [-0.1, -0.05) is 17.9 Å². The summed E-state index contributed by atoms with van der Waals surface area (Å²) >= 11 is 0. The van der Waals surface area contributed by atoms with Crippen molar-refractivity contribution in [2.24, 2.45) is 0 Å². The van der Waals surface area contributed by atoms with Crippen molar-refractivity contribution in [2.45, 2.75) is 33.5 Å². The molecular formula is C30H25F3N6O. The highest BCUT2D eigenvalue weighted by atomic mass is 19.4. The Hall–Kier alpha value is -5.04.